The van der Waals surface area contributed by atoms with E-state index >= 15 is 0 Å². The van der Waals surface area contributed by atoms with Crippen molar-refractivity contribution in [1.82, 2.24) is 20.1 Å². The number of anilines is 2. The molecule has 1 saturated carbocycles. The third-order valence-electron chi connectivity index (χ3n) is 13.3. The Morgan fingerprint density at radius 1 is 0.951 bits per heavy atom. The molecule has 8 rings (SSSR count). The van der Waals surface area contributed by atoms with Gasteiger partial charge in [-0.1, -0.05) is 33.8 Å². The highest BCUT2D eigenvalue weighted by Gasteiger charge is 2.64. The molecule has 4 heterocycles. The number of hydrogen-bond donors (Lipinski definition) is 3. The van der Waals surface area contributed by atoms with Gasteiger partial charge in [-0.15, -0.1) is 0 Å². The molecule has 0 unspecified atom stereocenters. The molecule has 1 aliphatic carbocycles. The highest BCUT2D eigenvalue weighted by molar-refractivity contribution is 6.09. The monoisotopic (exact) mass is 831 g/mol. The second-order valence-corrected chi connectivity index (χ2v) is 17.8. The van der Waals surface area contributed by atoms with Gasteiger partial charge in [0.1, 0.15) is 23.7 Å². The van der Waals surface area contributed by atoms with Crippen LogP contribution in [0, 0.1) is 28.1 Å². The van der Waals surface area contributed by atoms with E-state index in [1.807, 2.05) is 24.3 Å². The summed E-state index contributed by atoms with van der Waals surface area (Å²) < 4.78 is 14.2. The number of likely N-dealkylation sites (tertiary alicyclic amines) is 1. The number of benzene rings is 3. The maximum absolute atomic E-state index is 13.6. The van der Waals surface area contributed by atoms with E-state index in [1.54, 1.807) is 30.2 Å². The third-order valence-corrected chi connectivity index (χ3v) is 13.3. The van der Waals surface area contributed by atoms with Crippen LogP contribution in [0.2, 0.25) is 0 Å². The molecule has 14 heteroatoms. The Kier molecular flexibility index (Phi) is 12.6. The summed E-state index contributed by atoms with van der Waals surface area (Å²) in [5, 5.41) is 23.1. The summed E-state index contributed by atoms with van der Waals surface area (Å²) in [6.45, 7) is 13.9. The maximum atomic E-state index is 13.6. The Hall–Kier alpha value is -6.07. The van der Waals surface area contributed by atoms with Crippen LogP contribution in [0.1, 0.15) is 81.8 Å². The molecule has 3 saturated heterocycles. The lowest BCUT2D eigenvalue weighted by Crippen LogP contribution is -2.74. The molecule has 3 aromatic carbocycles. The molecule has 0 spiro atoms. The average Bonchev–Trinajstić information content (AvgIpc) is 3.70. The fourth-order valence-electron chi connectivity index (χ4n) is 10.5. The molecule has 1 aromatic heterocycles. The quantitative estimate of drug-likeness (QED) is 0.144. The molecule has 4 aromatic rings. The molecule has 61 heavy (non-hydrogen) atoms. The predicted octanol–water partition coefficient (Wildman–Crippen LogP) is 6.83. The summed E-state index contributed by atoms with van der Waals surface area (Å²) in [6, 6.07) is 23.6. The minimum absolute atomic E-state index is 0.0846. The lowest BCUT2D eigenvalue weighted by atomic mass is 9.49. The Morgan fingerprint density at radius 3 is 2.28 bits per heavy atom. The molecular formula is C47H57N7O7. The first-order valence-corrected chi connectivity index (χ1v) is 21.2. The van der Waals surface area contributed by atoms with Crippen molar-refractivity contribution in [3.8, 4) is 17.6 Å². The van der Waals surface area contributed by atoms with Crippen LogP contribution in [0.5, 0.6) is 11.5 Å². The number of urea groups is 1. The molecular weight excluding hydrogens is 775 g/mol. The number of imide groups is 1. The van der Waals surface area contributed by atoms with Crippen molar-refractivity contribution in [1.29, 1.82) is 5.26 Å². The second-order valence-electron chi connectivity index (χ2n) is 17.8. The smallest absolute Gasteiger partial charge is 0.328 e. The second kappa shape index (κ2) is 17.9. The normalized spacial score (nSPS) is 21.6. The number of fused-ring (bicyclic) bond motifs is 1. The van der Waals surface area contributed by atoms with Gasteiger partial charge in [0.15, 0.2) is 0 Å². The van der Waals surface area contributed by atoms with Gasteiger partial charge in [-0.05, 0) is 86.2 Å². The average molecular weight is 832 g/mol. The number of carbonyl (C=O) groups is 4. The van der Waals surface area contributed by atoms with E-state index in [2.05, 4.69) is 89.2 Å². The number of piperidine rings is 2. The lowest BCUT2D eigenvalue weighted by molar-refractivity contribution is -0.164. The van der Waals surface area contributed by atoms with Gasteiger partial charge in [0.05, 0.1) is 23.9 Å². The standard InChI is InChI=1S/C46H55N7O5.CH2O2/c1-45(2)42(46(3,4)43(45)58-35-14-11-32(28-47)39(27-35)57-5)49-41(55)31-9-12-33(13-10-31)51-23-15-30(16-24-51)29-50-21-17-34(18-22-50)52-25-19-36-37(52)7-6-8-38(36)53-26-20-40(54)48-44(53)56;2-1-3/h6-14,19,25,27,30,34,42-43H,15-18,20-24,26,29H2,1-5H3,(H,49,55)(H,48,54,56);1H,(H,2,3). The maximum Gasteiger partial charge on any atom is 0.328 e. The van der Waals surface area contributed by atoms with Crippen molar-refractivity contribution in [2.75, 3.05) is 56.2 Å². The van der Waals surface area contributed by atoms with Crippen molar-refractivity contribution in [2.24, 2.45) is 16.7 Å². The molecule has 4 fully saturated rings. The van der Waals surface area contributed by atoms with E-state index in [0.717, 1.165) is 80.7 Å². The van der Waals surface area contributed by atoms with E-state index < -0.39 is 0 Å². The van der Waals surface area contributed by atoms with Crippen LogP contribution in [0.4, 0.5) is 16.2 Å². The number of nitrogens with zero attached hydrogens (tertiary/aromatic N) is 5. The van der Waals surface area contributed by atoms with Gasteiger partial charge in [-0.25, -0.2) is 4.79 Å². The zero-order chi connectivity index (χ0) is 43.5. The van der Waals surface area contributed by atoms with Gasteiger partial charge >= 0.3 is 6.03 Å². The number of methoxy groups -OCH3 is 1. The van der Waals surface area contributed by atoms with Gasteiger partial charge in [-0.3, -0.25) is 24.6 Å². The first kappa shape index (κ1) is 43.0. The molecule has 0 radical (unpaired) electrons. The van der Waals surface area contributed by atoms with Gasteiger partial charge in [0, 0.05) is 97.5 Å². The van der Waals surface area contributed by atoms with Crippen LogP contribution in [0.25, 0.3) is 10.9 Å². The summed E-state index contributed by atoms with van der Waals surface area (Å²) in [7, 11) is 1.54. The summed E-state index contributed by atoms with van der Waals surface area (Å²) in [6.07, 6.45) is 6.78. The predicted molar refractivity (Wildman–Crippen MR) is 233 cm³/mol. The molecule has 0 atom stereocenters. The van der Waals surface area contributed by atoms with Crippen LogP contribution in [0.3, 0.4) is 0 Å². The Balaban J connectivity index is 0.00000182. The van der Waals surface area contributed by atoms with Crippen molar-refractivity contribution in [3.05, 3.63) is 84.1 Å². The Bertz CT molecular complexity index is 2270. The van der Waals surface area contributed by atoms with Crippen molar-refractivity contribution >= 4 is 46.6 Å². The highest BCUT2D eigenvalue weighted by atomic mass is 16.5. The summed E-state index contributed by atoms with van der Waals surface area (Å²) in [5.74, 6) is 1.47. The van der Waals surface area contributed by atoms with E-state index in [-0.39, 0.29) is 47.3 Å². The van der Waals surface area contributed by atoms with Gasteiger partial charge < -0.3 is 34.3 Å². The third kappa shape index (κ3) is 8.75. The summed E-state index contributed by atoms with van der Waals surface area (Å²) in [4.78, 5) is 53.0. The summed E-state index contributed by atoms with van der Waals surface area (Å²) >= 11 is 0. The number of ether oxygens (including phenoxy) is 2. The number of carboxylic acid groups (broad SMARTS) is 1. The Labute approximate surface area is 357 Å². The van der Waals surface area contributed by atoms with Crippen LogP contribution in [0.15, 0.2) is 72.9 Å². The Morgan fingerprint density at radius 2 is 1.64 bits per heavy atom. The number of aromatic nitrogens is 1. The highest BCUT2D eigenvalue weighted by Crippen LogP contribution is 2.55. The van der Waals surface area contributed by atoms with Gasteiger partial charge in [0.25, 0.3) is 12.4 Å². The van der Waals surface area contributed by atoms with Gasteiger partial charge in [-0.2, -0.15) is 5.26 Å². The van der Waals surface area contributed by atoms with E-state index in [1.165, 1.54) is 0 Å². The van der Waals surface area contributed by atoms with Crippen LogP contribution < -0.4 is 29.9 Å². The molecule has 3 aliphatic heterocycles. The minimum atomic E-state index is -0.349. The fourth-order valence-corrected chi connectivity index (χ4v) is 10.5. The first-order chi connectivity index (χ1) is 29.3. The molecule has 14 nitrogen and oxygen atoms in total. The van der Waals surface area contributed by atoms with Crippen molar-refractivity contribution in [3.63, 3.8) is 0 Å². The number of hydrogen-bond acceptors (Lipinski definition) is 9. The molecule has 3 N–H and O–H groups in total. The lowest BCUT2D eigenvalue weighted by Gasteiger charge is -2.63. The number of nitriles is 1. The molecule has 322 valence electrons. The van der Waals surface area contributed by atoms with Crippen molar-refractivity contribution in [2.45, 2.75) is 78.0 Å². The van der Waals surface area contributed by atoms with Crippen LogP contribution in [-0.4, -0.2) is 97.4 Å². The molecule has 4 aliphatic rings. The number of nitrogens with one attached hydrogen (secondary N) is 2. The zero-order valence-corrected chi connectivity index (χ0v) is 35.7. The number of amides is 4. The SMILES string of the molecule is COc1cc(OC2C(C)(C)C(NC(=O)c3ccc(N4CCC(CN5CCC(n6ccc7c(N8CCC(=O)NC8=O)cccc76)CC5)CC4)cc3)C2(C)C)ccc1C#N.O=CO. The van der Waals surface area contributed by atoms with Crippen LogP contribution >= 0.6 is 0 Å². The fraction of sp³-hybridized carbons (Fsp3) is 0.468. The van der Waals surface area contributed by atoms with Crippen molar-refractivity contribution < 1.29 is 33.8 Å². The zero-order valence-electron chi connectivity index (χ0n) is 35.7. The van der Waals surface area contributed by atoms with E-state index in [4.69, 9.17) is 19.4 Å². The molecule has 4 amide bonds. The first-order valence-electron chi connectivity index (χ1n) is 21.2. The van der Waals surface area contributed by atoms with Crippen LogP contribution in [-0.2, 0) is 9.59 Å². The molecule has 0 bridgehead atoms. The number of carbonyl (C=O) groups excluding carboxylic acids is 3. The van der Waals surface area contributed by atoms with E-state index in [9.17, 15) is 19.6 Å². The van der Waals surface area contributed by atoms with E-state index in [0.29, 0.717) is 47.6 Å². The topological polar surface area (TPSA) is 169 Å². The largest absolute Gasteiger partial charge is 0.495 e. The number of rotatable bonds is 10. The summed E-state index contributed by atoms with van der Waals surface area (Å²) in [5.41, 5.74) is 3.59. The minimum Gasteiger partial charge on any atom is -0.495 e. The van der Waals surface area contributed by atoms with Gasteiger partial charge in [0.2, 0.25) is 5.91 Å².